The fraction of sp³-hybridized carbons (Fsp3) is 0.650. The van der Waals surface area contributed by atoms with Gasteiger partial charge in [0.25, 0.3) is 0 Å². The summed E-state index contributed by atoms with van der Waals surface area (Å²) in [5.74, 6) is 1.69. The summed E-state index contributed by atoms with van der Waals surface area (Å²) >= 11 is 0. The van der Waals surface area contributed by atoms with E-state index in [1.807, 2.05) is 25.2 Å². The smallest absolute Gasteiger partial charge is 0.191 e. The van der Waals surface area contributed by atoms with E-state index in [1.165, 1.54) is 19.3 Å². The zero-order valence-corrected chi connectivity index (χ0v) is 19.1. The average Bonchev–Trinajstić information content (AvgIpc) is 2.63. The number of nitrogens with zero attached hydrogens (tertiary/aromatic N) is 1. The van der Waals surface area contributed by atoms with Crippen LogP contribution >= 0.6 is 24.0 Å². The molecule has 1 aromatic rings. The fourth-order valence-corrected chi connectivity index (χ4v) is 3.18. The molecule has 6 nitrogen and oxygen atoms in total. The topological polar surface area (TPSA) is 64.1 Å². The molecule has 1 aliphatic carbocycles. The van der Waals surface area contributed by atoms with Crippen LogP contribution in [0, 0.1) is 5.41 Å². The second-order valence-electron chi connectivity index (χ2n) is 6.86. The molecule has 2 N–H and O–H groups in total. The Morgan fingerprint density at radius 1 is 1.11 bits per heavy atom. The Morgan fingerprint density at radius 3 is 2.52 bits per heavy atom. The van der Waals surface area contributed by atoms with Crippen LogP contribution < -0.4 is 15.4 Å². The molecular formula is C20H34IN3O3. The van der Waals surface area contributed by atoms with Gasteiger partial charge in [-0.05, 0) is 42.4 Å². The van der Waals surface area contributed by atoms with E-state index in [2.05, 4.69) is 21.7 Å². The Morgan fingerprint density at radius 2 is 1.89 bits per heavy atom. The van der Waals surface area contributed by atoms with Crippen LogP contribution in [-0.2, 0) is 16.0 Å². The molecule has 0 atom stereocenters. The number of hydrogen-bond acceptors (Lipinski definition) is 4. The Labute approximate surface area is 180 Å². The monoisotopic (exact) mass is 491 g/mol. The summed E-state index contributed by atoms with van der Waals surface area (Å²) in [6.07, 6.45) is 4.95. The SMILES string of the molecule is CN=C(NCc1cccc(OCCOC)c1)NCC1(CCOC)CCC1.I. The van der Waals surface area contributed by atoms with Crippen LogP contribution in [0.2, 0.25) is 0 Å². The van der Waals surface area contributed by atoms with E-state index in [4.69, 9.17) is 14.2 Å². The van der Waals surface area contributed by atoms with Crippen molar-refractivity contribution in [3.05, 3.63) is 29.8 Å². The molecule has 7 heteroatoms. The zero-order valence-electron chi connectivity index (χ0n) is 16.8. The van der Waals surface area contributed by atoms with Crippen molar-refractivity contribution in [3.63, 3.8) is 0 Å². The summed E-state index contributed by atoms with van der Waals surface area (Å²) < 4.78 is 15.9. The third-order valence-electron chi connectivity index (χ3n) is 5.02. The standard InChI is InChI=1S/C20H33N3O3.HI/c1-21-19(23-16-20(8-5-9-20)10-11-24-2)22-15-17-6-4-7-18(14-17)26-13-12-25-3;/h4,6-7,14H,5,8-13,15-16H2,1-3H3,(H2,21,22,23);1H. The van der Waals surface area contributed by atoms with Gasteiger partial charge in [-0.15, -0.1) is 24.0 Å². The summed E-state index contributed by atoms with van der Waals surface area (Å²) in [6, 6.07) is 8.09. The molecule has 27 heavy (non-hydrogen) atoms. The van der Waals surface area contributed by atoms with Crippen LogP contribution in [0.1, 0.15) is 31.2 Å². The fourth-order valence-electron chi connectivity index (χ4n) is 3.18. The molecule has 0 aromatic heterocycles. The molecule has 0 bridgehead atoms. The highest BCUT2D eigenvalue weighted by Gasteiger charge is 2.36. The van der Waals surface area contributed by atoms with Crippen molar-refractivity contribution in [3.8, 4) is 5.75 Å². The van der Waals surface area contributed by atoms with Crippen LogP contribution in [0.25, 0.3) is 0 Å². The number of hydrogen-bond donors (Lipinski definition) is 2. The number of rotatable bonds is 11. The average molecular weight is 491 g/mol. The number of methoxy groups -OCH3 is 2. The lowest BCUT2D eigenvalue weighted by Gasteiger charge is -2.42. The van der Waals surface area contributed by atoms with Crippen LogP contribution in [0.4, 0.5) is 0 Å². The van der Waals surface area contributed by atoms with Gasteiger partial charge in [0.05, 0.1) is 6.61 Å². The van der Waals surface area contributed by atoms with E-state index in [9.17, 15) is 0 Å². The first-order valence-corrected chi connectivity index (χ1v) is 9.35. The minimum Gasteiger partial charge on any atom is -0.491 e. The molecule has 0 spiro atoms. The van der Waals surface area contributed by atoms with E-state index in [0.717, 1.165) is 36.8 Å². The van der Waals surface area contributed by atoms with E-state index in [1.54, 1.807) is 14.2 Å². The maximum atomic E-state index is 5.66. The van der Waals surface area contributed by atoms with Gasteiger partial charge in [0.15, 0.2) is 5.96 Å². The van der Waals surface area contributed by atoms with Crippen LogP contribution in [0.5, 0.6) is 5.75 Å². The summed E-state index contributed by atoms with van der Waals surface area (Å²) in [5, 5.41) is 6.87. The van der Waals surface area contributed by atoms with Gasteiger partial charge in [-0.3, -0.25) is 4.99 Å². The third kappa shape index (κ3) is 8.23. The van der Waals surface area contributed by atoms with Crippen molar-refractivity contribution in [2.75, 3.05) is 47.6 Å². The molecule has 0 unspecified atom stereocenters. The number of aliphatic imine (C=N–C) groups is 1. The minimum absolute atomic E-state index is 0. The lowest BCUT2D eigenvalue weighted by molar-refractivity contribution is 0.0732. The summed E-state index contributed by atoms with van der Waals surface area (Å²) in [5.41, 5.74) is 1.52. The first-order chi connectivity index (χ1) is 12.7. The van der Waals surface area contributed by atoms with E-state index < -0.39 is 0 Å². The van der Waals surface area contributed by atoms with Gasteiger partial charge in [-0.2, -0.15) is 0 Å². The lowest BCUT2D eigenvalue weighted by Crippen LogP contribution is -2.46. The van der Waals surface area contributed by atoms with Crippen molar-refractivity contribution < 1.29 is 14.2 Å². The first kappa shape index (κ1) is 24.0. The van der Waals surface area contributed by atoms with Gasteiger partial charge in [0.1, 0.15) is 12.4 Å². The maximum Gasteiger partial charge on any atom is 0.191 e. The van der Waals surface area contributed by atoms with Crippen molar-refractivity contribution >= 4 is 29.9 Å². The highest BCUT2D eigenvalue weighted by atomic mass is 127. The maximum absolute atomic E-state index is 5.66. The highest BCUT2D eigenvalue weighted by molar-refractivity contribution is 14.0. The number of benzene rings is 1. The van der Waals surface area contributed by atoms with Gasteiger partial charge in [0.2, 0.25) is 0 Å². The second-order valence-corrected chi connectivity index (χ2v) is 6.86. The number of guanidine groups is 1. The highest BCUT2D eigenvalue weighted by Crippen LogP contribution is 2.43. The van der Waals surface area contributed by atoms with Crippen molar-refractivity contribution in [1.82, 2.24) is 10.6 Å². The molecule has 1 aromatic carbocycles. The molecule has 0 radical (unpaired) electrons. The number of ether oxygens (including phenoxy) is 3. The molecule has 0 aliphatic heterocycles. The van der Waals surface area contributed by atoms with Crippen LogP contribution in [-0.4, -0.2) is 53.6 Å². The van der Waals surface area contributed by atoms with Gasteiger partial charge in [-0.25, -0.2) is 0 Å². The predicted octanol–water partition coefficient (Wildman–Crippen LogP) is 3.20. The number of nitrogens with one attached hydrogen (secondary N) is 2. The molecule has 0 saturated heterocycles. The normalized spacial score (nSPS) is 15.4. The third-order valence-corrected chi connectivity index (χ3v) is 5.02. The van der Waals surface area contributed by atoms with Crippen molar-refractivity contribution in [2.24, 2.45) is 10.4 Å². The summed E-state index contributed by atoms with van der Waals surface area (Å²) in [4.78, 5) is 4.34. The van der Waals surface area contributed by atoms with E-state index >= 15 is 0 Å². The van der Waals surface area contributed by atoms with Crippen molar-refractivity contribution in [2.45, 2.75) is 32.2 Å². The Hall–Kier alpha value is -1.06. The summed E-state index contributed by atoms with van der Waals surface area (Å²) in [6.45, 7) is 3.61. The molecule has 1 aliphatic rings. The van der Waals surface area contributed by atoms with Crippen LogP contribution in [0.3, 0.4) is 0 Å². The Kier molecular flexibility index (Phi) is 11.7. The molecule has 1 saturated carbocycles. The predicted molar refractivity (Wildman–Crippen MR) is 120 cm³/mol. The summed E-state index contributed by atoms with van der Waals surface area (Å²) in [7, 11) is 5.25. The van der Waals surface area contributed by atoms with E-state index in [0.29, 0.717) is 25.2 Å². The number of halogens is 1. The molecule has 1 fully saturated rings. The van der Waals surface area contributed by atoms with E-state index in [-0.39, 0.29) is 24.0 Å². The second kappa shape index (κ2) is 13.2. The lowest BCUT2D eigenvalue weighted by atomic mass is 9.67. The van der Waals surface area contributed by atoms with Crippen molar-refractivity contribution in [1.29, 1.82) is 0 Å². The minimum atomic E-state index is 0. The molecule has 0 amide bonds. The zero-order chi connectivity index (χ0) is 18.7. The molecule has 154 valence electrons. The first-order valence-electron chi connectivity index (χ1n) is 9.35. The Balaban J connectivity index is 0.00000364. The molecule has 2 rings (SSSR count). The molecule has 0 heterocycles. The Bertz CT molecular complexity index is 565. The largest absolute Gasteiger partial charge is 0.491 e. The van der Waals surface area contributed by atoms with Crippen LogP contribution in [0.15, 0.2) is 29.3 Å². The van der Waals surface area contributed by atoms with Gasteiger partial charge < -0.3 is 24.8 Å². The molecular weight excluding hydrogens is 457 g/mol. The van der Waals surface area contributed by atoms with Gasteiger partial charge >= 0.3 is 0 Å². The van der Waals surface area contributed by atoms with Gasteiger partial charge in [-0.1, -0.05) is 18.6 Å². The quantitative estimate of drug-likeness (QED) is 0.216. The van der Waals surface area contributed by atoms with Gasteiger partial charge in [0, 0.05) is 41.0 Å².